The summed E-state index contributed by atoms with van der Waals surface area (Å²) >= 11 is 0. The van der Waals surface area contributed by atoms with Crippen LogP contribution < -0.4 is 0 Å². The quantitative estimate of drug-likeness (QED) is 0.448. The highest BCUT2D eigenvalue weighted by atomic mass is 19.4. The first-order chi connectivity index (χ1) is 6.49. The molecule has 0 nitrogen and oxygen atoms in total. The zero-order chi connectivity index (χ0) is 10.6. The number of rotatable bonds is 0. The third-order valence-corrected chi connectivity index (χ3v) is 1.39. The van der Waals surface area contributed by atoms with Crippen LogP contribution >= 0.6 is 0 Å². The molecule has 0 spiro atoms. The lowest BCUT2D eigenvalue weighted by Crippen LogP contribution is -2.04. The number of alkyl halides is 3. The minimum Gasteiger partial charge on any atom is -0.206 e. The molecule has 0 heterocycles. The maximum Gasteiger partial charge on any atom is 0.399 e. The molecule has 0 N–H and O–H groups in total. The van der Waals surface area contributed by atoms with Gasteiger partial charge < -0.3 is 0 Å². The van der Waals surface area contributed by atoms with Crippen LogP contribution in [0.5, 0.6) is 0 Å². The molecule has 0 aliphatic rings. The molecule has 0 aromatic heterocycles. The maximum absolute atomic E-state index is 12.8. The molecule has 0 amide bonds. The van der Waals surface area contributed by atoms with Gasteiger partial charge in [0.25, 0.3) is 0 Å². The van der Waals surface area contributed by atoms with Crippen molar-refractivity contribution in [3.63, 3.8) is 0 Å². The van der Waals surface area contributed by atoms with Crippen molar-refractivity contribution in [3.05, 3.63) is 35.6 Å². The molecule has 0 aliphatic carbocycles. The standard InChI is InChI=1S/C10H6F4/c11-9-6-2-1-4-8(9)5-3-7-10(12,13)14/h1-2,4,6H,7H2. The predicted octanol–water partition coefficient (Wildman–Crippen LogP) is 3.13. The highest BCUT2D eigenvalue weighted by Crippen LogP contribution is 2.18. The van der Waals surface area contributed by atoms with Crippen LogP contribution in [0.15, 0.2) is 24.3 Å². The molecule has 1 rings (SSSR count). The molecule has 1 aromatic rings. The lowest BCUT2D eigenvalue weighted by molar-refractivity contribution is -0.123. The maximum atomic E-state index is 12.8. The summed E-state index contributed by atoms with van der Waals surface area (Å²) in [6.45, 7) is 0. The average molecular weight is 202 g/mol. The Morgan fingerprint density at radius 2 is 1.79 bits per heavy atom. The van der Waals surface area contributed by atoms with E-state index in [1.165, 1.54) is 18.2 Å². The van der Waals surface area contributed by atoms with Crippen molar-refractivity contribution in [3.8, 4) is 11.8 Å². The first-order valence-electron chi connectivity index (χ1n) is 3.79. The summed E-state index contributed by atoms with van der Waals surface area (Å²) in [5.74, 6) is 3.38. The van der Waals surface area contributed by atoms with Crippen LogP contribution in [0.2, 0.25) is 0 Å². The van der Waals surface area contributed by atoms with Crippen LogP contribution in [-0.4, -0.2) is 6.18 Å². The van der Waals surface area contributed by atoms with E-state index in [9.17, 15) is 17.6 Å². The third-order valence-electron chi connectivity index (χ3n) is 1.39. The van der Waals surface area contributed by atoms with E-state index < -0.39 is 18.4 Å². The molecule has 0 aliphatic heterocycles. The summed E-state index contributed by atoms with van der Waals surface area (Å²) in [6, 6.07) is 5.45. The fourth-order valence-electron chi connectivity index (χ4n) is 0.802. The van der Waals surface area contributed by atoms with Crippen LogP contribution in [-0.2, 0) is 0 Å². The number of hydrogen-bond acceptors (Lipinski definition) is 0. The smallest absolute Gasteiger partial charge is 0.206 e. The van der Waals surface area contributed by atoms with Gasteiger partial charge in [-0.25, -0.2) is 4.39 Å². The molecule has 74 valence electrons. The second kappa shape index (κ2) is 4.14. The number of hydrogen-bond donors (Lipinski definition) is 0. The second-order valence-corrected chi connectivity index (χ2v) is 2.57. The summed E-state index contributed by atoms with van der Waals surface area (Å²) in [5.41, 5.74) is -0.0169. The summed E-state index contributed by atoms with van der Waals surface area (Å²) in [7, 11) is 0. The van der Waals surface area contributed by atoms with E-state index in [2.05, 4.69) is 5.92 Å². The molecule has 0 atom stereocenters. The van der Waals surface area contributed by atoms with Gasteiger partial charge in [0.05, 0.1) is 5.56 Å². The monoisotopic (exact) mass is 202 g/mol. The van der Waals surface area contributed by atoms with Gasteiger partial charge in [-0.15, -0.1) is 0 Å². The average Bonchev–Trinajstić information content (AvgIpc) is 2.06. The summed E-state index contributed by atoms with van der Waals surface area (Å²) < 4.78 is 47.8. The zero-order valence-corrected chi connectivity index (χ0v) is 7.03. The molecule has 0 saturated heterocycles. The Bertz CT molecular complexity index is 368. The number of halogens is 4. The Morgan fingerprint density at radius 3 is 2.36 bits per heavy atom. The highest BCUT2D eigenvalue weighted by Gasteiger charge is 2.25. The van der Waals surface area contributed by atoms with Crippen molar-refractivity contribution in [2.75, 3.05) is 0 Å². The fourth-order valence-corrected chi connectivity index (χ4v) is 0.802. The second-order valence-electron chi connectivity index (χ2n) is 2.57. The van der Waals surface area contributed by atoms with Gasteiger partial charge in [-0.05, 0) is 12.1 Å². The first kappa shape index (κ1) is 10.6. The molecule has 4 heteroatoms. The summed E-state index contributed by atoms with van der Waals surface area (Å²) in [6.07, 6.45) is -5.54. The lowest BCUT2D eigenvalue weighted by Gasteiger charge is -1.97. The largest absolute Gasteiger partial charge is 0.399 e. The lowest BCUT2D eigenvalue weighted by atomic mass is 10.2. The van der Waals surface area contributed by atoms with Crippen molar-refractivity contribution in [2.45, 2.75) is 12.6 Å². The van der Waals surface area contributed by atoms with Crippen molar-refractivity contribution in [1.82, 2.24) is 0 Å². The summed E-state index contributed by atoms with van der Waals surface area (Å²) in [4.78, 5) is 0. The molecule has 1 aromatic carbocycles. The van der Waals surface area contributed by atoms with E-state index in [-0.39, 0.29) is 5.56 Å². The Hall–Kier alpha value is -1.50. The van der Waals surface area contributed by atoms with E-state index in [0.717, 1.165) is 6.07 Å². The van der Waals surface area contributed by atoms with Gasteiger partial charge in [-0.3, -0.25) is 0 Å². The zero-order valence-electron chi connectivity index (χ0n) is 7.03. The Balaban J connectivity index is 2.74. The van der Waals surface area contributed by atoms with Gasteiger partial charge in [-0.1, -0.05) is 24.0 Å². The fraction of sp³-hybridized carbons (Fsp3) is 0.200. The summed E-state index contributed by atoms with van der Waals surface area (Å²) in [5, 5.41) is 0. The van der Waals surface area contributed by atoms with Crippen LogP contribution in [0.4, 0.5) is 17.6 Å². The van der Waals surface area contributed by atoms with Gasteiger partial charge in [0.1, 0.15) is 12.2 Å². The molecule has 0 saturated carbocycles. The molecule has 14 heavy (non-hydrogen) atoms. The van der Waals surface area contributed by atoms with E-state index in [1.807, 2.05) is 5.92 Å². The van der Waals surface area contributed by atoms with Crippen molar-refractivity contribution >= 4 is 0 Å². The van der Waals surface area contributed by atoms with Crippen LogP contribution in [0.25, 0.3) is 0 Å². The molecule has 0 bridgehead atoms. The highest BCUT2D eigenvalue weighted by molar-refractivity contribution is 5.35. The number of benzene rings is 1. The SMILES string of the molecule is Fc1ccccc1C#CCC(F)(F)F. The van der Waals surface area contributed by atoms with E-state index >= 15 is 0 Å². The molecular formula is C10H6F4. The predicted molar refractivity (Wildman–Crippen MR) is 44.0 cm³/mol. The normalized spacial score (nSPS) is 10.6. The van der Waals surface area contributed by atoms with Gasteiger partial charge in [-0.2, -0.15) is 13.2 Å². The topological polar surface area (TPSA) is 0 Å². The first-order valence-corrected chi connectivity index (χ1v) is 3.79. The Labute approximate surface area is 78.6 Å². The minimum atomic E-state index is -4.32. The molecule has 0 unspecified atom stereocenters. The molecule has 0 fully saturated rings. The third kappa shape index (κ3) is 3.48. The van der Waals surface area contributed by atoms with Gasteiger partial charge >= 0.3 is 6.18 Å². The Morgan fingerprint density at radius 1 is 1.14 bits per heavy atom. The van der Waals surface area contributed by atoms with Crippen molar-refractivity contribution in [1.29, 1.82) is 0 Å². The van der Waals surface area contributed by atoms with Crippen LogP contribution in [0, 0.1) is 17.7 Å². The molecular weight excluding hydrogens is 196 g/mol. The Kier molecular flexibility index (Phi) is 3.13. The van der Waals surface area contributed by atoms with Gasteiger partial charge in [0, 0.05) is 0 Å². The van der Waals surface area contributed by atoms with Crippen LogP contribution in [0.1, 0.15) is 12.0 Å². The van der Waals surface area contributed by atoms with Gasteiger partial charge in [0.15, 0.2) is 0 Å². The van der Waals surface area contributed by atoms with Crippen molar-refractivity contribution in [2.24, 2.45) is 0 Å². The van der Waals surface area contributed by atoms with E-state index in [1.54, 1.807) is 0 Å². The van der Waals surface area contributed by atoms with Gasteiger partial charge in [0.2, 0.25) is 0 Å². The van der Waals surface area contributed by atoms with Crippen molar-refractivity contribution < 1.29 is 17.6 Å². The van der Waals surface area contributed by atoms with Crippen LogP contribution in [0.3, 0.4) is 0 Å². The van der Waals surface area contributed by atoms with E-state index in [4.69, 9.17) is 0 Å². The molecule has 0 radical (unpaired) electrons. The minimum absolute atomic E-state index is 0.0169. The van der Waals surface area contributed by atoms with E-state index in [0.29, 0.717) is 0 Å².